The van der Waals surface area contributed by atoms with E-state index in [9.17, 15) is 4.79 Å². The quantitative estimate of drug-likeness (QED) is 0.875. The average molecular weight is 241 g/mol. The van der Waals surface area contributed by atoms with Crippen molar-refractivity contribution < 1.29 is 9.90 Å². The van der Waals surface area contributed by atoms with Crippen molar-refractivity contribution in [3.63, 3.8) is 0 Å². The molecule has 0 aliphatic carbocycles. The van der Waals surface area contributed by atoms with Crippen LogP contribution in [0, 0.1) is 0 Å². The topological polar surface area (TPSA) is 40.5 Å². The number of carbonyl (C=O) groups is 1. The van der Waals surface area contributed by atoms with Crippen LogP contribution < -0.4 is 4.90 Å². The zero-order valence-corrected chi connectivity index (χ0v) is 9.99. The molecule has 0 spiro atoms. The summed E-state index contributed by atoms with van der Waals surface area (Å²) < 4.78 is 0. The molecule has 0 aliphatic rings. The number of nitrogens with zero attached hydrogens (tertiary/aromatic N) is 1. The summed E-state index contributed by atoms with van der Waals surface area (Å²) in [5.74, 6) is -0.824. The first kappa shape index (κ1) is 12.2. The van der Waals surface area contributed by atoms with Crippen LogP contribution in [0.25, 0.3) is 0 Å². The predicted molar refractivity (Wildman–Crippen MR) is 71.6 cm³/mol. The van der Waals surface area contributed by atoms with Crippen molar-refractivity contribution in [1.82, 2.24) is 0 Å². The number of aliphatic carboxylic acids is 1. The number of carboxylic acid groups (broad SMARTS) is 1. The van der Waals surface area contributed by atoms with E-state index in [1.54, 1.807) is 0 Å². The Hall–Kier alpha value is -2.29. The van der Waals surface area contributed by atoms with Gasteiger partial charge >= 0.3 is 5.97 Å². The lowest BCUT2D eigenvalue weighted by atomic mass is 10.2. The lowest BCUT2D eigenvalue weighted by Gasteiger charge is -2.22. The maximum absolute atomic E-state index is 10.9. The first-order valence-corrected chi connectivity index (χ1v) is 5.81. The fourth-order valence-electron chi connectivity index (χ4n) is 1.84. The molecule has 0 aliphatic heterocycles. The molecule has 0 atom stereocenters. The lowest BCUT2D eigenvalue weighted by Crippen LogP contribution is -2.29. The number of hydrogen-bond acceptors (Lipinski definition) is 2. The molecule has 0 saturated carbocycles. The van der Waals surface area contributed by atoms with Crippen molar-refractivity contribution in [3.05, 3.63) is 66.2 Å². The summed E-state index contributed by atoms with van der Waals surface area (Å²) in [6, 6.07) is 19.5. The predicted octanol–water partition coefficient (Wildman–Crippen LogP) is 2.78. The highest BCUT2D eigenvalue weighted by Gasteiger charge is 2.10. The van der Waals surface area contributed by atoms with Crippen LogP contribution in [-0.4, -0.2) is 17.6 Å². The van der Waals surface area contributed by atoms with Gasteiger partial charge in [0, 0.05) is 12.2 Å². The van der Waals surface area contributed by atoms with Crippen molar-refractivity contribution in [3.8, 4) is 0 Å². The van der Waals surface area contributed by atoms with E-state index in [1.165, 1.54) is 0 Å². The second kappa shape index (κ2) is 5.87. The molecule has 0 unspecified atom stereocenters. The SMILES string of the molecule is O=C(O)CN(Cc1ccccc1)c1ccccc1. The molecule has 0 bridgehead atoms. The molecule has 0 saturated heterocycles. The molecular formula is C15H15NO2. The van der Waals surface area contributed by atoms with Gasteiger partial charge in [0.1, 0.15) is 6.54 Å². The van der Waals surface area contributed by atoms with Gasteiger partial charge < -0.3 is 10.0 Å². The van der Waals surface area contributed by atoms with Crippen LogP contribution in [0.15, 0.2) is 60.7 Å². The van der Waals surface area contributed by atoms with Crippen LogP contribution in [0.2, 0.25) is 0 Å². The lowest BCUT2D eigenvalue weighted by molar-refractivity contribution is -0.135. The van der Waals surface area contributed by atoms with Crippen LogP contribution in [-0.2, 0) is 11.3 Å². The molecule has 3 nitrogen and oxygen atoms in total. The molecule has 2 aromatic rings. The van der Waals surface area contributed by atoms with Gasteiger partial charge in [-0.15, -0.1) is 0 Å². The zero-order chi connectivity index (χ0) is 12.8. The normalized spacial score (nSPS) is 10.0. The largest absolute Gasteiger partial charge is 0.480 e. The third kappa shape index (κ3) is 3.35. The van der Waals surface area contributed by atoms with Gasteiger partial charge in [-0.25, -0.2) is 0 Å². The Balaban J connectivity index is 2.18. The summed E-state index contributed by atoms with van der Waals surface area (Å²) >= 11 is 0. The molecular weight excluding hydrogens is 226 g/mol. The minimum Gasteiger partial charge on any atom is -0.480 e. The van der Waals surface area contributed by atoms with E-state index >= 15 is 0 Å². The minimum atomic E-state index is -0.824. The summed E-state index contributed by atoms with van der Waals surface area (Å²) in [6.07, 6.45) is 0. The number of benzene rings is 2. The monoisotopic (exact) mass is 241 g/mol. The van der Waals surface area contributed by atoms with Gasteiger partial charge in [-0.3, -0.25) is 4.79 Å². The van der Waals surface area contributed by atoms with Crippen LogP contribution in [0.5, 0.6) is 0 Å². The molecule has 2 aromatic carbocycles. The van der Waals surface area contributed by atoms with E-state index < -0.39 is 5.97 Å². The van der Waals surface area contributed by atoms with Crippen molar-refractivity contribution in [2.75, 3.05) is 11.4 Å². The molecule has 0 aromatic heterocycles. The summed E-state index contributed by atoms with van der Waals surface area (Å²) in [4.78, 5) is 12.8. The Labute approximate surface area is 106 Å². The van der Waals surface area contributed by atoms with Crippen LogP contribution in [0.4, 0.5) is 5.69 Å². The highest BCUT2D eigenvalue weighted by Crippen LogP contribution is 2.16. The van der Waals surface area contributed by atoms with Crippen molar-refractivity contribution in [2.24, 2.45) is 0 Å². The highest BCUT2D eigenvalue weighted by molar-refractivity contribution is 5.73. The Morgan fingerprint density at radius 2 is 1.50 bits per heavy atom. The van der Waals surface area contributed by atoms with Crippen LogP contribution >= 0.6 is 0 Å². The van der Waals surface area contributed by atoms with Crippen LogP contribution in [0.1, 0.15) is 5.56 Å². The van der Waals surface area contributed by atoms with Gasteiger partial charge in [-0.2, -0.15) is 0 Å². The number of carboxylic acids is 1. The van der Waals surface area contributed by atoms with Crippen molar-refractivity contribution in [1.29, 1.82) is 0 Å². The van der Waals surface area contributed by atoms with Gasteiger partial charge in [0.05, 0.1) is 0 Å². The third-order valence-corrected chi connectivity index (χ3v) is 2.66. The number of anilines is 1. The standard InChI is InChI=1S/C15H15NO2/c17-15(18)12-16(14-9-5-2-6-10-14)11-13-7-3-1-4-8-13/h1-10H,11-12H2,(H,17,18). The van der Waals surface area contributed by atoms with Gasteiger partial charge in [0.15, 0.2) is 0 Å². The zero-order valence-electron chi connectivity index (χ0n) is 9.99. The Bertz CT molecular complexity index is 496. The first-order valence-electron chi connectivity index (χ1n) is 5.81. The highest BCUT2D eigenvalue weighted by atomic mass is 16.4. The summed E-state index contributed by atoms with van der Waals surface area (Å²) in [6.45, 7) is 0.593. The van der Waals surface area contributed by atoms with E-state index in [4.69, 9.17) is 5.11 Å². The Kier molecular flexibility index (Phi) is 3.97. The van der Waals surface area contributed by atoms with E-state index in [0.717, 1.165) is 11.3 Å². The third-order valence-electron chi connectivity index (χ3n) is 2.66. The Morgan fingerprint density at radius 1 is 0.944 bits per heavy atom. The number of para-hydroxylation sites is 1. The molecule has 1 N–H and O–H groups in total. The molecule has 18 heavy (non-hydrogen) atoms. The van der Waals surface area contributed by atoms with Crippen molar-refractivity contribution in [2.45, 2.75) is 6.54 Å². The second-order valence-corrected chi connectivity index (χ2v) is 4.07. The molecule has 0 heterocycles. The van der Waals surface area contributed by atoms with Gasteiger partial charge in [0.25, 0.3) is 0 Å². The second-order valence-electron chi connectivity index (χ2n) is 4.07. The number of hydrogen-bond donors (Lipinski definition) is 1. The smallest absolute Gasteiger partial charge is 0.323 e. The maximum Gasteiger partial charge on any atom is 0.323 e. The summed E-state index contributed by atoms with van der Waals surface area (Å²) in [5, 5.41) is 8.98. The van der Waals surface area contributed by atoms with Gasteiger partial charge in [0.2, 0.25) is 0 Å². The minimum absolute atomic E-state index is 0.00108. The van der Waals surface area contributed by atoms with Crippen molar-refractivity contribution >= 4 is 11.7 Å². The van der Waals surface area contributed by atoms with E-state index in [2.05, 4.69) is 0 Å². The fraction of sp³-hybridized carbons (Fsp3) is 0.133. The fourth-order valence-corrected chi connectivity index (χ4v) is 1.84. The first-order chi connectivity index (χ1) is 8.75. The molecule has 2 rings (SSSR count). The van der Waals surface area contributed by atoms with E-state index in [-0.39, 0.29) is 6.54 Å². The summed E-state index contributed by atoms with van der Waals surface area (Å²) in [5.41, 5.74) is 2.02. The van der Waals surface area contributed by atoms with E-state index in [0.29, 0.717) is 6.54 Å². The molecule has 0 fully saturated rings. The molecule has 0 radical (unpaired) electrons. The van der Waals surface area contributed by atoms with Gasteiger partial charge in [-0.1, -0.05) is 48.5 Å². The molecule has 0 amide bonds. The maximum atomic E-state index is 10.9. The molecule has 3 heteroatoms. The molecule has 92 valence electrons. The van der Waals surface area contributed by atoms with Crippen LogP contribution in [0.3, 0.4) is 0 Å². The summed E-state index contributed by atoms with van der Waals surface area (Å²) in [7, 11) is 0. The average Bonchev–Trinajstić information content (AvgIpc) is 2.40. The van der Waals surface area contributed by atoms with E-state index in [1.807, 2.05) is 65.6 Å². The van der Waals surface area contributed by atoms with Gasteiger partial charge in [-0.05, 0) is 17.7 Å². The number of rotatable bonds is 5. The Morgan fingerprint density at radius 3 is 2.06 bits per heavy atom.